The normalized spacial score (nSPS) is 16.2. The number of methoxy groups -OCH3 is 1. The largest absolute Gasteiger partial charge is 0.492 e. The predicted octanol–water partition coefficient (Wildman–Crippen LogP) is 1.73. The Morgan fingerprint density at radius 1 is 1.47 bits per heavy atom. The smallest absolute Gasteiger partial charge is 0.177 e. The average molecular weight is 283 g/mol. The van der Waals surface area contributed by atoms with Gasteiger partial charge in [-0.1, -0.05) is 6.92 Å². The molecule has 0 radical (unpaired) electrons. The van der Waals surface area contributed by atoms with Crippen LogP contribution in [-0.2, 0) is 0 Å². The molecule has 0 bridgehead atoms. The number of nitrogens with zero attached hydrogens (tertiary/aromatic N) is 1. The number of carbonyl (C=O) groups excluding carboxylic acids is 1. The molecule has 6 heteroatoms. The van der Waals surface area contributed by atoms with Crippen molar-refractivity contribution in [3.8, 4) is 5.75 Å². The molecule has 106 valence electrons. The maximum absolute atomic E-state index is 11.9. The van der Waals surface area contributed by atoms with Crippen LogP contribution < -0.4 is 20.7 Å². The number of carbonyl (C=O) groups is 1. The van der Waals surface area contributed by atoms with E-state index in [2.05, 4.69) is 10.2 Å². The van der Waals surface area contributed by atoms with Crippen molar-refractivity contribution in [3.05, 3.63) is 4.88 Å². The predicted molar refractivity (Wildman–Crippen MR) is 79.6 cm³/mol. The highest BCUT2D eigenvalue weighted by atomic mass is 32.1. The summed E-state index contributed by atoms with van der Waals surface area (Å²) in [4.78, 5) is 14.8. The number of Topliss-reactive ketones (excluding diaryl/α,β-unsaturated/α-hetero) is 1. The molecule has 2 rings (SSSR count). The maximum atomic E-state index is 11.9. The van der Waals surface area contributed by atoms with Crippen molar-refractivity contribution in [2.24, 2.45) is 0 Å². The Hall–Kier alpha value is -1.27. The van der Waals surface area contributed by atoms with Gasteiger partial charge in [-0.3, -0.25) is 4.79 Å². The van der Waals surface area contributed by atoms with Gasteiger partial charge in [-0.15, -0.1) is 11.3 Å². The van der Waals surface area contributed by atoms with Crippen molar-refractivity contribution in [2.75, 3.05) is 43.9 Å². The van der Waals surface area contributed by atoms with E-state index in [4.69, 9.17) is 10.5 Å². The molecule has 1 aliphatic rings. The summed E-state index contributed by atoms with van der Waals surface area (Å²) in [5, 5.41) is 4.35. The monoisotopic (exact) mass is 283 g/mol. The Morgan fingerprint density at radius 3 is 2.95 bits per heavy atom. The number of thiophene rings is 1. The van der Waals surface area contributed by atoms with Crippen LogP contribution in [0.4, 0.5) is 10.7 Å². The highest BCUT2D eigenvalue weighted by Gasteiger charge is 2.24. The van der Waals surface area contributed by atoms with E-state index in [1.807, 2.05) is 6.92 Å². The van der Waals surface area contributed by atoms with E-state index in [-0.39, 0.29) is 5.78 Å². The van der Waals surface area contributed by atoms with Crippen LogP contribution in [0.5, 0.6) is 5.75 Å². The number of hydrogen-bond donors (Lipinski definition) is 2. The molecule has 0 unspecified atom stereocenters. The van der Waals surface area contributed by atoms with Gasteiger partial charge in [0.05, 0.1) is 17.7 Å². The number of anilines is 2. The Morgan fingerprint density at radius 2 is 2.26 bits per heavy atom. The number of ether oxygens (including phenoxy) is 1. The molecule has 19 heavy (non-hydrogen) atoms. The van der Waals surface area contributed by atoms with Crippen LogP contribution >= 0.6 is 11.3 Å². The van der Waals surface area contributed by atoms with Gasteiger partial charge < -0.3 is 20.7 Å². The van der Waals surface area contributed by atoms with Gasteiger partial charge in [-0.05, 0) is 13.0 Å². The first-order valence-corrected chi connectivity index (χ1v) is 7.45. The molecule has 0 aromatic carbocycles. The molecule has 3 N–H and O–H groups in total. The van der Waals surface area contributed by atoms with Crippen molar-refractivity contribution >= 4 is 27.8 Å². The summed E-state index contributed by atoms with van der Waals surface area (Å²) in [5.41, 5.74) is 6.55. The second-order valence-electron chi connectivity index (χ2n) is 4.55. The summed E-state index contributed by atoms with van der Waals surface area (Å²) in [5.74, 6) is 0.740. The van der Waals surface area contributed by atoms with Gasteiger partial charge in [0.2, 0.25) is 0 Å². The molecule has 0 atom stereocenters. The highest BCUT2D eigenvalue weighted by molar-refractivity contribution is 7.19. The van der Waals surface area contributed by atoms with E-state index in [1.165, 1.54) is 11.3 Å². The zero-order valence-electron chi connectivity index (χ0n) is 11.5. The molecule has 0 aliphatic carbocycles. The highest BCUT2D eigenvalue weighted by Crippen LogP contribution is 2.45. The number of hydrogen-bond acceptors (Lipinski definition) is 6. The van der Waals surface area contributed by atoms with Gasteiger partial charge in [-0.2, -0.15) is 0 Å². The number of nitrogen functional groups attached to an aromatic ring is 1. The summed E-state index contributed by atoms with van der Waals surface area (Å²) in [6, 6.07) is 0. The summed E-state index contributed by atoms with van der Waals surface area (Å²) < 4.78 is 5.42. The third-order valence-corrected chi connectivity index (χ3v) is 4.58. The average Bonchev–Trinajstić information content (AvgIpc) is 2.61. The molecule has 1 aromatic heterocycles. The Bertz CT molecular complexity index is 451. The van der Waals surface area contributed by atoms with Crippen molar-refractivity contribution in [3.63, 3.8) is 0 Å². The van der Waals surface area contributed by atoms with Crippen LogP contribution in [-0.4, -0.2) is 39.1 Å². The Labute approximate surface area is 117 Å². The fourth-order valence-corrected chi connectivity index (χ4v) is 3.49. The van der Waals surface area contributed by atoms with Crippen molar-refractivity contribution in [1.82, 2.24) is 5.32 Å². The molecule has 2 heterocycles. The molecule has 0 spiro atoms. The van der Waals surface area contributed by atoms with Crippen LogP contribution in [0.15, 0.2) is 0 Å². The minimum absolute atomic E-state index is 0.0833. The van der Waals surface area contributed by atoms with Gasteiger partial charge in [0.15, 0.2) is 11.5 Å². The lowest BCUT2D eigenvalue weighted by Gasteiger charge is -2.21. The minimum atomic E-state index is 0.0833. The van der Waals surface area contributed by atoms with E-state index in [0.717, 1.165) is 37.6 Å². The number of nitrogens with two attached hydrogens (primary N) is 1. The molecule has 1 saturated heterocycles. The third-order valence-electron chi connectivity index (χ3n) is 3.29. The first kappa shape index (κ1) is 14.1. The molecule has 1 aliphatic heterocycles. The molecule has 1 aromatic rings. The number of nitrogens with one attached hydrogen (secondary N) is 1. The fourth-order valence-electron chi connectivity index (χ4n) is 2.24. The first-order valence-electron chi connectivity index (χ1n) is 6.64. The zero-order valence-corrected chi connectivity index (χ0v) is 12.3. The van der Waals surface area contributed by atoms with Crippen LogP contribution in [0.2, 0.25) is 0 Å². The van der Waals surface area contributed by atoms with Gasteiger partial charge in [0.1, 0.15) is 5.00 Å². The summed E-state index contributed by atoms with van der Waals surface area (Å²) >= 11 is 1.46. The van der Waals surface area contributed by atoms with Gasteiger partial charge in [0, 0.05) is 26.1 Å². The summed E-state index contributed by atoms with van der Waals surface area (Å²) in [6.07, 6.45) is 1.55. The molecule has 0 amide bonds. The van der Waals surface area contributed by atoms with E-state index in [0.29, 0.717) is 22.7 Å². The second-order valence-corrected chi connectivity index (χ2v) is 5.55. The van der Waals surface area contributed by atoms with E-state index in [1.54, 1.807) is 7.11 Å². The molecular formula is C13H21N3O2S. The quantitative estimate of drug-likeness (QED) is 0.824. The molecule has 0 saturated carbocycles. The summed E-state index contributed by atoms with van der Waals surface area (Å²) in [7, 11) is 1.61. The van der Waals surface area contributed by atoms with Gasteiger partial charge in [-0.25, -0.2) is 0 Å². The second kappa shape index (κ2) is 6.25. The number of rotatable bonds is 4. The van der Waals surface area contributed by atoms with Crippen molar-refractivity contribution in [2.45, 2.75) is 19.8 Å². The standard InChI is InChI=1S/C13H21N3O2S/c1-3-9(17)12-10(14)11(18-2)13(19-12)16-7-4-5-15-6-8-16/h15H,3-8,14H2,1-2H3. The Kier molecular flexibility index (Phi) is 4.66. The van der Waals surface area contributed by atoms with Crippen LogP contribution in [0.3, 0.4) is 0 Å². The van der Waals surface area contributed by atoms with Crippen LogP contribution in [0.1, 0.15) is 29.4 Å². The lowest BCUT2D eigenvalue weighted by molar-refractivity contribution is 0.0992. The lowest BCUT2D eigenvalue weighted by Crippen LogP contribution is -2.27. The third kappa shape index (κ3) is 2.84. The number of ketones is 1. The maximum Gasteiger partial charge on any atom is 0.177 e. The van der Waals surface area contributed by atoms with Crippen LogP contribution in [0.25, 0.3) is 0 Å². The van der Waals surface area contributed by atoms with E-state index < -0.39 is 0 Å². The molecular weight excluding hydrogens is 262 g/mol. The first-order chi connectivity index (χ1) is 9.19. The van der Waals surface area contributed by atoms with Gasteiger partial charge >= 0.3 is 0 Å². The SMILES string of the molecule is CCC(=O)c1sc(N2CCCNCC2)c(OC)c1N. The molecule has 5 nitrogen and oxygen atoms in total. The molecule has 1 fully saturated rings. The fraction of sp³-hybridized carbons (Fsp3) is 0.615. The van der Waals surface area contributed by atoms with Crippen molar-refractivity contribution < 1.29 is 9.53 Å². The minimum Gasteiger partial charge on any atom is -0.492 e. The van der Waals surface area contributed by atoms with Crippen molar-refractivity contribution in [1.29, 1.82) is 0 Å². The van der Waals surface area contributed by atoms with E-state index in [9.17, 15) is 4.79 Å². The topological polar surface area (TPSA) is 67.6 Å². The van der Waals surface area contributed by atoms with E-state index >= 15 is 0 Å². The zero-order chi connectivity index (χ0) is 13.8. The van der Waals surface area contributed by atoms with Crippen LogP contribution in [0, 0.1) is 0 Å². The Balaban J connectivity index is 2.35. The summed E-state index contributed by atoms with van der Waals surface area (Å²) in [6.45, 7) is 5.70. The van der Waals surface area contributed by atoms with Gasteiger partial charge in [0.25, 0.3) is 0 Å². The lowest BCUT2D eigenvalue weighted by atomic mass is 10.2.